The van der Waals surface area contributed by atoms with Crippen molar-refractivity contribution in [3.63, 3.8) is 0 Å². The Labute approximate surface area is 151 Å². The van der Waals surface area contributed by atoms with Crippen LogP contribution >= 0.6 is 11.3 Å². The maximum atomic E-state index is 11.2. The Hall–Kier alpha value is -0.930. The van der Waals surface area contributed by atoms with E-state index in [9.17, 15) is 18.0 Å². The molecule has 0 amide bonds. The highest BCUT2D eigenvalue weighted by molar-refractivity contribution is 7.86. The van der Waals surface area contributed by atoms with Crippen LogP contribution in [0.4, 0.5) is 13.2 Å². The Balaban J connectivity index is 0.000000363. The molecule has 1 aliphatic carbocycles. The van der Waals surface area contributed by atoms with Gasteiger partial charge in [-0.2, -0.15) is 21.6 Å². The van der Waals surface area contributed by atoms with Gasteiger partial charge >= 0.3 is 15.6 Å². The van der Waals surface area contributed by atoms with E-state index in [1.165, 1.54) is 43.4 Å². The number of hydrogen-bond donors (Lipinski definition) is 1. The zero-order chi connectivity index (χ0) is 19.5. The molecule has 0 aromatic carbocycles. The molecule has 2 rings (SSSR count). The zero-order valence-corrected chi connectivity index (χ0v) is 16.0. The van der Waals surface area contributed by atoms with Crippen LogP contribution in [0.2, 0.25) is 0 Å². The van der Waals surface area contributed by atoms with Crippen LogP contribution in [0.15, 0.2) is 17.5 Å². The number of rotatable bonds is 3. The van der Waals surface area contributed by atoms with E-state index in [0.29, 0.717) is 12.2 Å². The number of hydrogen-bond acceptors (Lipinski definition) is 4. The normalized spacial score (nSPS) is 14.8. The van der Waals surface area contributed by atoms with E-state index in [2.05, 4.69) is 0 Å². The molecule has 9 heteroatoms. The van der Waals surface area contributed by atoms with Crippen LogP contribution in [0.5, 0.6) is 0 Å². The van der Waals surface area contributed by atoms with Gasteiger partial charge in [-0.05, 0) is 11.4 Å². The molecular formula is C16H25F3O4S2. The molecule has 0 unspecified atom stereocenters. The van der Waals surface area contributed by atoms with Gasteiger partial charge in [-0.1, -0.05) is 58.4 Å². The molecule has 0 aliphatic heterocycles. The second kappa shape index (κ2) is 11.6. The summed E-state index contributed by atoms with van der Waals surface area (Å²) in [5.74, 6) is 0.490. The first kappa shape index (κ1) is 24.1. The molecule has 146 valence electrons. The monoisotopic (exact) mass is 402 g/mol. The molecule has 0 atom stereocenters. The van der Waals surface area contributed by atoms with Crippen molar-refractivity contribution in [2.24, 2.45) is 5.92 Å². The van der Waals surface area contributed by atoms with E-state index in [4.69, 9.17) is 13.0 Å². The largest absolute Gasteiger partial charge is 0.522 e. The van der Waals surface area contributed by atoms with Crippen LogP contribution in [-0.4, -0.2) is 24.3 Å². The van der Waals surface area contributed by atoms with Crippen LogP contribution in [0.25, 0.3) is 0 Å². The number of ketones is 1. The number of carbonyl (C=O) groups is 1. The van der Waals surface area contributed by atoms with E-state index >= 15 is 0 Å². The second-order valence-corrected chi connectivity index (χ2v) is 8.36. The standard InChI is InChI=1S/C9H12OS.C6H12.CHF3O3S/c1-7(2)9(10)6-8-4-3-5-11-8;1-2-4-6-5-3-1;2-1(3,4)8(5,6)7/h3-5,7H,6H2,1-2H3;1-6H2;(H,5,6,7). The summed E-state index contributed by atoms with van der Waals surface area (Å²) in [6.45, 7) is 3.88. The average molecular weight is 403 g/mol. The maximum Gasteiger partial charge on any atom is 0.522 e. The highest BCUT2D eigenvalue weighted by Gasteiger charge is 2.44. The fraction of sp³-hybridized carbons (Fsp3) is 0.688. The summed E-state index contributed by atoms with van der Waals surface area (Å²) in [5, 5.41) is 2.00. The summed E-state index contributed by atoms with van der Waals surface area (Å²) in [6, 6.07) is 3.98. The molecule has 1 fully saturated rings. The SMILES string of the molecule is C1CCCCC1.CC(C)C(=O)Cc1cccs1.O=S(=O)(O)C(F)(F)F. The molecule has 4 nitrogen and oxygen atoms in total. The third kappa shape index (κ3) is 12.1. The predicted octanol–water partition coefficient (Wildman–Crippen LogP) is 5.25. The number of thiophene rings is 1. The highest BCUT2D eigenvalue weighted by atomic mass is 32.2. The Morgan fingerprint density at radius 1 is 1.16 bits per heavy atom. The Morgan fingerprint density at radius 2 is 1.56 bits per heavy atom. The minimum Gasteiger partial charge on any atom is -0.299 e. The lowest BCUT2D eigenvalue weighted by Crippen LogP contribution is -2.21. The van der Waals surface area contributed by atoms with E-state index in [-0.39, 0.29) is 5.92 Å². The van der Waals surface area contributed by atoms with Crippen molar-refractivity contribution in [1.82, 2.24) is 0 Å². The van der Waals surface area contributed by atoms with Crippen molar-refractivity contribution in [2.75, 3.05) is 0 Å². The van der Waals surface area contributed by atoms with Crippen molar-refractivity contribution >= 4 is 27.2 Å². The highest BCUT2D eigenvalue weighted by Crippen LogP contribution is 2.20. The maximum absolute atomic E-state index is 11.2. The Kier molecular flexibility index (Phi) is 11.2. The Bertz CT molecular complexity index is 564. The first-order valence-corrected chi connectivity index (χ1v) is 10.4. The average Bonchev–Trinajstić information content (AvgIpc) is 3.01. The molecule has 1 aliphatic rings. The molecule has 0 saturated heterocycles. The third-order valence-electron chi connectivity index (χ3n) is 3.37. The quantitative estimate of drug-likeness (QED) is 0.554. The van der Waals surface area contributed by atoms with E-state index in [0.717, 1.165) is 0 Å². The van der Waals surface area contributed by atoms with Gasteiger partial charge in [0, 0.05) is 17.2 Å². The lowest BCUT2D eigenvalue weighted by atomic mass is 10.0. The fourth-order valence-corrected chi connectivity index (χ4v) is 2.56. The first-order valence-electron chi connectivity index (χ1n) is 8.04. The van der Waals surface area contributed by atoms with Crippen molar-refractivity contribution in [3.05, 3.63) is 22.4 Å². The fourth-order valence-electron chi connectivity index (χ4n) is 1.85. The Morgan fingerprint density at radius 3 is 1.80 bits per heavy atom. The molecule has 0 spiro atoms. The van der Waals surface area contributed by atoms with Crippen molar-refractivity contribution in [3.8, 4) is 0 Å². The van der Waals surface area contributed by atoms with Gasteiger partial charge in [-0.3, -0.25) is 9.35 Å². The molecule has 0 radical (unpaired) electrons. The van der Waals surface area contributed by atoms with Crippen LogP contribution in [0, 0.1) is 5.92 Å². The summed E-state index contributed by atoms with van der Waals surface area (Å²) in [7, 11) is -5.84. The van der Waals surface area contributed by atoms with Gasteiger partial charge in [-0.15, -0.1) is 11.3 Å². The van der Waals surface area contributed by atoms with Crippen LogP contribution in [-0.2, 0) is 21.3 Å². The van der Waals surface area contributed by atoms with Crippen molar-refractivity contribution in [2.45, 2.75) is 64.3 Å². The molecule has 1 aromatic rings. The van der Waals surface area contributed by atoms with Gasteiger partial charge < -0.3 is 0 Å². The second-order valence-electron chi connectivity index (χ2n) is 5.92. The van der Waals surface area contributed by atoms with Crippen LogP contribution in [0.3, 0.4) is 0 Å². The molecule has 25 heavy (non-hydrogen) atoms. The van der Waals surface area contributed by atoms with Crippen molar-refractivity contribution in [1.29, 1.82) is 0 Å². The van der Waals surface area contributed by atoms with E-state index in [1.54, 1.807) is 11.3 Å². The number of carbonyl (C=O) groups excluding carboxylic acids is 1. The minimum atomic E-state index is -5.84. The number of halogens is 3. The molecule has 0 bridgehead atoms. The first-order chi connectivity index (χ1) is 11.4. The van der Waals surface area contributed by atoms with Gasteiger partial charge in [0.25, 0.3) is 0 Å². The summed E-state index contributed by atoms with van der Waals surface area (Å²) in [5.41, 5.74) is -5.53. The smallest absolute Gasteiger partial charge is 0.299 e. The molecule has 1 N–H and O–H groups in total. The topological polar surface area (TPSA) is 71.4 Å². The summed E-state index contributed by atoms with van der Waals surface area (Å²) in [4.78, 5) is 12.4. The van der Waals surface area contributed by atoms with Crippen LogP contribution in [0.1, 0.15) is 57.2 Å². The number of alkyl halides is 3. The third-order valence-corrected chi connectivity index (χ3v) is 4.83. The van der Waals surface area contributed by atoms with Gasteiger partial charge in [0.15, 0.2) is 0 Å². The molecule has 1 saturated carbocycles. The van der Waals surface area contributed by atoms with E-state index in [1.807, 2.05) is 31.4 Å². The molecule has 1 heterocycles. The molecule has 1 aromatic heterocycles. The lowest BCUT2D eigenvalue weighted by molar-refractivity contribution is -0.121. The summed E-state index contributed by atoms with van der Waals surface area (Å²) in [6.07, 6.45) is 9.61. The van der Waals surface area contributed by atoms with Crippen molar-refractivity contribution < 1.29 is 30.9 Å². The molecular weight excluding hydrogens is 377 g/mol. The van der Waals surface area contributed by atoms with Gasteiger partial charge in [0.1, 0.15) is 5.78 Å². The van der Waals surface area contributed by atoms with Gasteiger partial charge in [0.05, 0.1) is 0 Å². The van der Waals surface area contributed by atoms with E-state index < -0.39 is 15.6 Å². The minimum absolute atomic E-state index is 0.164. The summed E-state index contributed by atoms with van der Waals surface area (Å²) >= 11 is 1.65. The van der Waals surface area contributed by atoms with Gasteiger partial charge in [-0.25, -0.2) is 0 Å². The van der Waals surface area contributed by atoms with Crippen LogP contribution < -0.4 is 0 Å². The predicted molar refractivity (Wildman–Crippen MR) is 93.2 cm³/mol. The number of Topliss-reactive ketones (excluding diaryl/α,β-unsaturated/α-hetero) is 1. The lowest BCUT2D eigenvalue weighted by Gasteiger charge is -2.05. The zero-order valence-electron chi connectivity index (χ0n) is 14.4. The summed E-state index contributed by atoms with van der Waals surface area (Å²) < 4.78 is 57.5. The van der Waals surface area contributed by atoms with Gasteiger partial charge in [0.2, 0.25) is 0 Å².